The lowest BCUT2D eigenvalue weighted by Crippen LogP contribution is -2.09. The number of pyridine rings is 2. The van der Waals surface area contributed by atoms with Crippen LogP contribution < -0.4 is 0 Å². The van der Waals surface area contributed by atoms with Gasteiger partial charge in [-0.15, -0.1) is 0 Å². The summed E-state index contributed by atoms with van der Waals surface area (Å²) in [5.74, 6) is -0.288. The van der Waals surface area contributed by atoms with Crippen molar-refractivity contribution in [2.24, 2.45) is 9.98 Å². The fourth-order valence-electron chi connectivity index (χ4n) is 3.05. The standard InChI is InChI=1S/C26H30N4O4/c1-17(23-7-5-9-25(29-23)19(3)31)27-15-13-21(33)11-12-22(34)14-16-28-18(2)24-8-6-10-26(30-24)20(4)32/h5-10H,11-16H2,1-4H3. The number of carbonyl (C=O) groups excluding carboxylic acids is 4. The maximum absolute atomic E-state index is 12.1. The van der Waals surface area contributed by atoms with Crippen LogP contribution in [0.3, 0.4) is 0 Å². The van der Waals surface area contributed by atoms with E-state index in [0.717, 1.165) is 0 Å². The van der Waals surface area contributed by atoms with Crippen molar-refractivity contribution in [2.45, 2.75) is 53.4 Å². The van der Waals surface area contributed by atoms with Crippen LogP contribution >= 0.6 is 0 Å². The highest BCUT2D eigenvalue weighted by Gasteiger charge is 2.09. The summed E-state index contributed by atoms with van der Waals surface area (Å²) in [5, 5.41) is 0. The average Bonchev–Trinajstić information content (AvgIpc) is 2.82. The first kappa shape index (κ1) is 26.6. The molecule has 0 aliphatic rings. The maximum atomic E-state index is 12.1. The van der Waals surface area contributed by atoms with E-state index in [1.165, 1.54) is 13.8 Å². The third-order valence-corrected chi connectivity index (χ3v) is 5.12. The van der Waals surface area contributed by atoms with Gasteiger partial charge >= 0.3 is 0 Å². The number of rotatable bonds is 13. The number of ketones is 4. The van der Waals surface area contributed by atoms with Gasteiger partial charge in [-0.3, -0.25) is 29.2 Å². The number of aromatic nitrogens is 2. The zero-order chi connectivity index (χ0) is 25.1. The molecule has 0 aliphatic carbocycles. The van der Waals surface area contributed by atoms with Crippen molar-refractivity contribution in [1.82, 2.24) is 9.97 Å². The van der Waals surface area contributed by atoms with Crippen LogP contribution in [0.4, 0.5) is 0 Å². The van der Waals surface area contributed by atoms with Crippen LogP contribution in [-0.4, -0.2) is 57.6 Å². The smallest absolute Gasteiger partial charge is 0.178 e. The monoisotopic (exact) mass is 462 g/mol. The molecule has 0 saturated heterocycles. The van der Waals surface area contributed by atoms with Crippen molar-refractivity contribution >= 4 is 34.6 Å². The van der Waals surface area contributed by atoms with Crippen LogP contribution in [0.15, 0.2) is 46.4 Å². The van der Waals surface area contributed by atoms with Gasteiger partial charge in [0.2, 0.25) is 0 Å². The van der Waals surface area contributed by atoms with Gasteiger partial charge in [-0.2, -0.15) is 0 Å². The van der Waals surface area contributed by atoms with E-state index in [4.69, 9.17) is 0 Å². The third kappa shape index (κ3) is 8.69. The van der Waals surface area contributed by atoms with E-state index in [0.29, 0.717) is 47.3 Å². The van der Waals surface area contributed by atoms with E-state index in [1.807, 2.05) is 0 Å². The lowest BCUT2D eigenvalue weighted by molar-refractivity contribution is -0.124. The molecule has 0 unspecified atom stereocenters. The molecule has 0 radical (unpaired) electrons. The first-order valence-electron chi connectivity index (χ1n) is 11.2. The maximum Gasteiger partial charge on any atom is 0.178 e. The predicted molar refractivity (Wildman–Crippen MR) is 131 cm³/mol. The van der Waals surface area contributed by atoms with Gasteiger partial charge in [-0.25, -0.2) is 9.97 Å². The summed E-state index contributed by atoms with van der Waals surface area (Å²) < 4.78 is 0. The minimum atomic E-state index is -0.116. The van der Waals surface area contributed by atoms with Gasteiger partial charge in [0.15, 0.2) is 11.6 Å². The van der Waals surface area contributed by atoms with Crippen molar-refractivity contribution in [3.63, 3.8) is 0 Å². The number of hydrogen-bond acceptors (Lipinski definition) is 8. The minimum absolute atomic E-state index is 0.0275. The van der Waals surface area contributed by atoms with Crippen molar-refractivity contribution in [3.05, 3.63) is 59.2 Å². The number of Topliss-reactive ketones (excluding diaryl/α,β-unsaturated/α-hetero) is 4. The van der Waals surface area contributed by atoms with Crippen molar-refractivity contribution in [2.75, 3.05) is 13.1 Å². The second-order valence-corrected chi connectivity index (χ2v) is 7.94. The summed E-state index contributed by atoms with van der Waals surface area (Å²) in [6, 6.07) is 10.3. The molecule has 0 aliphatic heterocycles. The molecule has 2 rings (SSSR count). The first-order chi connectivity index (χ1) is 16.2. The quantitative estimate of drug-likeness (QED) is 0.329. The zero-order valence-electron chi connectivity index (χ0n) is 20.1. The van der Waals surface area contributed by atoms with Gasteiger partial charge < -0.3 is 0 Å². The molecule has 0 spiro atoms. The Morgan fingerprint density at radius 1 is 0.588 bits per heavy atom. The lowest BCUT2D eigenvalue weighted by atomic mass is 10.1. The third-order valence-electron chi connectivity index (χ3n) is 5.12. The Bertz CT molecular complexity index is 1050. The van der Waals surface area contributed by atoms with E-state index in [2.05, 4.69) is 20.0 Å². The molecule has 0 aromatic carbocycles. The van der Waals surface area contributed by atoms with Gasteiger partial charge in [0.25, 0.3) is 0 Å². The number of aliphatic imine (C=N–C) groups is 2. The molecule has 2 aromatic rings. The Morgan fingerprint density at radius 2 is 0.941 bits per heavy atom. The van der Waals surface area contributed by atoms with Crippen LogP contribution in [-0.2, 0) is 9.59 Å². The molecule has 0 atom stereocenters. The van der Waals surface area contributed by atoms with Crippen LogP contribution in [0.5, 0.6) is 0 Å². The molecule has 0 amide bonds. The Balaban J connectivity index is 1.74. The van der Waals surface area contributed by atoms with Crippen molar-refractivity contribution in [3.8, 4) is 0 Å². The van der Waals surface area contributed by atoms with Crippen LogP contribution in [0.1, 0.15) is 85.7 Å². The topological polar surface area (TPSA) is 119 Å². The van der Waals surface area contributed by atoms with Crippen molar-refractivity contribution in [1.29, 1.82) is 0 Å². The van der Waals surface area contributed by atoms with E-state index in [-0.39, 0.29) is 48.8 Å². The summed E-state index contributed by atoms with van der Waals surface area (Å²) in [4.78, 5) is 64.4. The average molecular weight is 463 g/mol. The summed E-state index contributed by atoms with van der Waals surface area (Å²) in [7, 11) is 0. The fraction of sp³-hybridized carbons (Fsp3) is 0.385. The molecular formula is C26H30N4O4. The Labute approximate surface area is 199 Å². The molecular weight excluding hydrogens is 432 g/mol. The van der Waals surface area contributed by atoms with Gasteiger partial charge in [0, 0.05) is 52.6 Å². The van der Waals surface area contributed by atoms with Crippen LogP contribution in [0.2, 0.25) is 0 Å². The lowest BCUT2D eigenvalue weighted by Gasteiger charge is -2.04. The van der Waals surface area contributed by atoms with Crippen LogP contribution in [0, 0.1) is 0 Å². The fourth-order valence-corrected chi connectivity index (χ4v) is 3.05. The van der Waals surface area contributed by atoms with E-state index < -0.39 is 0 Å². The summed E-state index contributed by atoms with van der Waals surface area (Å²) in [6.07, 6.45) is 0.839. The summed E-state index contributed by atoms with van der Waals surface area (Å²) in [6.45, 7) is 7.10. The summed E-state index contributed by atoms with van der Waals surface area (Å²) in [5.41, 5.74) is 3.28. The first-order valence-corrected chi connectivity index (χ1v) is 11.2. The Hall–Kier alpha value is -3.68. The molecule has 0 N–H and O–H groups in total. The van der Waals surface area contributed by atoms with Gasteiger partial charge in [-0.05, 0) is 38.1 Å². The molecule has 2 aromatic heterocycles. The number of hydrogen-bond donors (Lipinski definition) is 0. The Kier molecular flexibility index (Phi) is 10.3. The molecule has 178 valence electrons. The Morgan fingerprint density at radius 3 is 1.29 bits per heavy atom. The number of carbonyl (C=O) groups is 4. The van der Waals surface area contributed by atoms with Gasteiger partial charge in [-0.1, -0.05) is 12.1 Å². The summed E-state index contributed by atoms with van der Waals surface area (Å²) >= 11 is 0. The second kappa shape index (κ2) is 13.1. The molecule has 8 nitrogen and oxygen atoms in total. The molecule has 0 fully saturated rings. The molecule has 34 heavy (non-hydrogen) atoms. The zero-order valence-corrected chi connectivity index (χ0v) is 20.1. The van der Waals surface area contributed by atoms with E-state index >= 15 is 0 Å². The SMILES string of the molecule is CC(=O)c1cccc(C(C)=NCCC(=O)CCC(=O)CCN=C(C)c2cccc(C(C)=O)n2)n1. The minimum Gasteiger partial charge on any atom is -0.300 e. The molecule has 8 heteroatoms. The number of nitrogens with zero attached hydrogens (tertiary/aromatic N) is 4. The highest BCUT2D eigenvalue weighted by atomic mass is 16.1. The van der Waals surface area contributed by atoms with Gasteiger partial charge in [0.1, 0.15) is 23.0 Å². The molecule has 2 heterocycles. The van der Waals surface area contributed by atoms with E-state index in [1.54, 1.807) is 50.2 Å². The van der Waals surface area contributed by atoms with E-state index in [9.17, 15) is 19.2 Å². The normalized spacial score (nSPS) is 11.9. The highest BCUT2D eigenvalue weighted by Crippen LogP contribution is 2.06. The van der Waals surface area contributed by atoms with Gasteiger partial charge in [0.05, 0.1) is 22.8 Å². The largest absolute Gasteiger partial charge is 0.300 e. The second-order valence-electron chi connectivity index (χ2n) is 7.94. The molecule has 0 saturated carbocycles. The van der Waals surface area contributed by atoms with Crippen molar-refractivity contribution < 1.29 is 19.2 Å². The predicted octanol–water partition coefficient (Wildman–Crippen LogP) is 3.90. The highest BCUT2D eigenvalue weighted by molar-refractivity contribution is 6.00. The molecule has 0 bridgehead atoms. The van der Waals surface area contributed by atoms with Crippen LogP contribution in [0.25, 0.3) is 0 Å².